The van der Waals surface area contributed by atoms with Crippen molar-refractivity contribution in [3.63, 3.8) is 0 Å². The first-order valence-corrected chi connectivity index (χ1v) is 6.07. The van der Waals surface area contributed by atoms with Crippen molar-refractivity contribution < 1.29 is 14.7 Å². The molecule has 1 N–H and O–H groups in total. The van der Waals surface area contributed by atoms with Gasteiger partial charge in [0.1, 0.15) is 6.54 Å². The van der Waals surface area contributed by atoms with Gasteiger partial charge in [-0.1, -0.05) is 30.3 Å². The fourth-order valence-corrected chi connectivity index (χ4v) is 1.60. The van der Waals surface area contributed by atoms with Crippen molar-refractivity contribution in [3.8, 4) is 0 Å². The highest BCUT2D eigenvalue weighted by atomic mass is 16.4. The third-order valence-electron chi connectivity index (χ3n) is 2.59. The lowest BCUT2D eigenvalue weighted by atomic mass is 10.1. The van der Waals surface area contributed by atoms with Gasteiger partial charge in [0.2, 0.25) is 5.91 Å². The second kappa shape index (κ2) is 6.18. The van der Waals surface area contributed by atoms with Gasteiger partial charge in [0, 0.05) is 11.6 Å². The average molecular weight is 261 g/mol. The Kier molecular flexibility index (Phi) is 4.87. The second-order valence-electron chi connectivity index (χ2n) is 5.23. The monoisotopic (exact) mass is 261 g/mol. The molecule has 0 aromatic heterocycles. The van der Waals surface area contributed by atoms with Crippen LogP contribution in [0.2, 0.25) is 0 Å². The Labute approximate surface area is 113 Å². The van der Waals surface area contributed by atoms with Crippen LogP contribution in [-0.2, 0) is 9.59 Å². The highest BCUT2D eigenvalue weighted by molar-refractivity contribution is 5.94. The summed E-state index contributed by atoms with van der Waals surface area (Å²) in [4.78, 5) is 24.2. The van der Waals surface area contributed by atoms with Crippen molar-refractivity contribution in [2.75, 3.05) is 6.54 Å². The summed E-state index contributed by atoms with van der Waals surface area (Å²) in [7, 11) is 0. The van der Waals surface area contributed by atoms with Crippen LogP contribution >= 0.6 is 0 Å². The lowest BCUT2D eigenvalue weighted by Gasteiger charge is -2.33. The molecule has 0 radical (unpaired) electrons. The SMILES string of the molecule is CC(C)(C)N(CC(=O)O)C(=O)C=Cc1ccccc1. The zero-order valence-electron chi connectivity index (χ0n) is 11.5. The molecule has 4 nitrogen and oxygen atoms in total. The zero-order chi connectivity index (χ0) is 14.5. The van der Waals surface area contributed by atoms with E-state index in [0.717, 1.165) is 5.56 Å². The Morgan fingerprint density at radius 3 is 2.26 bits per heavy atom. The molecule has 0 saturated carbocycles. The van der Waals surface area contributed by atoms with E-state index in [4.69, 9.17) is 5.11 Å². The van der Waals surface area contributed by atoms with Crippen molar-refractivity contribution in [1.82, 2.24) is 4.90 Å². The zero-order valence-corrected chi connectivity index (χ0v) is 11.5. The van der Waals surface area contributed by atoms with Crippen LogP contribution in [0.5, 0.6) is 0 Å². The summed E-state index contributed by atoms with van der Waals surface area (Å²) in [5.41, 5.74) is 0.372. The maximum absolute atomic E-state index is 12.1. The molecule has 4 heteroatoms. The number of nitrogens with zero attached hydrogens (tertiary/aromatic N) is 1. The molecule has 1 amide bonds. The number of amides is 1. The van der Waals surface area contributed by atoms with Crippen LogP contribution in [0.3, 0.4) is 0 Å². The molecular weight excluding hydrogens is 242 g/mol. The van der Waals surface area contributed by atoms with E-state index in [0.29, 0.717) is 0 Å². The molecule has 0 spiro atoms. The summed E-state index contributed by atoms with van der Waals surface area (Å²) in [5, 5.41) is 8.86. The Balaban J connectivity index is 2.83. The smallest absolute Gasteiger partial charge is 0.323 e. The van der Waals surface area contributed by atoms with Crippen molar-refractivity contribution >= 4 is 18.0 Å². The quantitative estimate of drug-likeness (QED) is 0.847. The first kappa shape index (κ1) is 15.0. The molecule has 19 heavy (non-hydrogen) atoms. The maximum Gasteiger partial charge on any atom is 0.323 e. The Bertz CT molecular complexity index is 472. The molecular formula is C15H19NO3. The lowest BCUT2D eigenvalue weighted by molar-refractivity contribution is -0.145. The van der Waals surface area contributed by atoms with Gasteiger partial charge in [0.25, 0.3) is 0 Å². The standard InChI is InChI=1S/C15H19NO3/c1-15(2,3)16(11-14(18)19)13(17)10-9-12-7-5-4-6-8-12/h4-10H,11H2,1-3H3,(H,18,19). The van der Waals surface area contributed by atoms with Gasteiger partial charge in [-0.2, -0.15) is 0 Å². The molecule has 0 aliphatic rings. The summed E-state index contributed by atoms with van der Waals surface area (Å²) in [5.74, 6) is -1.32. The summed E-state index contributed by atoms with van der Waals surface area (Å²) >= 11 is 0. The van der Waals surface area contributed by atoms with E-state index in [1.165, 1.54) is 11.0 Å². The summed E-state index contributed by atoms with van der Waals surface area (Å²) < 4.78 is 0. The van der Waals surface area contributed by atoms with Crippen LogP contribution in [0.15, 0.2) is 36.4 Å². The number of hydrogen-bond donors (Lipinski definition) is 1. The number of carboxylic acids is 1. The van der Waals surface area contributed by atoms with Gasteiger partial charge in [-0.25, -0.2) is 0 Å². The molecule has 102 valence electrons. The van der Waals surface area contributed by atoms with Crippen molar-refractivity contribution in [1.29, 1.82) is 0 Å². The van der Waals surface area contributed by atoms with Crippen LogP contribution < -0.4 is 0 Å². The Morgan fingerprint density at radius 2 is 1.79 bits per heavy atom. The largest absolute Gasteiger partial charge is 0.480 e. The second-order valence-corrected chi connectivity index (χ2v) is 5.23. The van der Waals surface area contributed by atoms with Gasteiger partial charge in [-0.3, -0.25) is 9.59 Å². The van der Waals surface area contributed by atoms with Crippen LogP contribution in [0.4, 0.5) is 0 Å². The Hall–Kier alpha value is -2.10. The fraction of sp³-hybridized carbons (Fsp3) is 0.333. The predicted molar refractivity (Wildman–Crippen MR) is 74.6 cm³/mol. The molecule has 1 rings (SSSR count). The van der Waals surface area contributed by atoms with Gasteiger partial charge >= 0.3 is 5.97 Å². The summed E-state index contributed by atoms with van der Waals surface area (Å²) in [6, 6.07) is 9.40. The third-order valence-corrected chi connectivity index (χ3v) is 2.59. The lowest BCUT2D eigenvalue weighted by Crippen LogP contribution is -2.47. The van der Waals surface area contributed by atoms with Gasteiger partial charge in [-0.05, 0) is 32.4 Å². The van der Waals surface area contributed by atoms with E-state index in [9.17, 15) is 9.59 Å². The van der Waals surface area contributed by atoms with E-state index < -0.39 is 11.5 Å². The van der Waals surface area contributed by atoms with Crippen molar-refractivity contribution in [2.45, 2.75) is 26.3 Å². The van der Waals surface area contributed by atoms with Gasteiger partial charge in [0.15, 0.2) is 0 Å². The minimum Gasteiger partial charge on any atom is -0.480 e. The fourth-order valence-electron chi connectivity index (χ4n) is 1.60. The summed E-state index contributed by atoms with van der Waals surface area (Å²) in [6.45, 7) is 5.13. The number of carboxylic acid groups (broad SMARTS) is 1. The Morgan fingerprint density at radius 1 is 1.21 bits per heavy atom. The average Bonchev–Trinajstić information content (AvgIpc) is 2.33. The number of rotatable bonds is 4. The molecule has 0 atom stereocenters. The molecule has 0 aliphatic carbocycles. The molecule has 0 saturated heterocycles. The van der Waals surface area contributed by atoms with Gasteiger partial charge < -0.3 is 10.0 Å². The van der Waals surface area contributed by atoms with Gasteiger partial charge in [-0.15, -0.1) is 0 Å². The maximum atomic E-state index is 12.1. The first-order valence-electron chi connectivity index (χ1n) is 6.07. The van der Waals surface area contributed by atoms with Crippen LogP contribution in [0.1, 0.15) is 26.3 Å². The first-order chi connectivity index (χ1) is 8.80. The highest BCUT2D eigenvalue weighted by Gasteiger charge is 2.26. The normalized spacial score (nSPS) is 11.5. The van der Waals surface area contributed by atoms with Crippen molar-refractivity contribution in [2.24, 2.45) is 0 Å². The molecule has 0 fully saturated rings. The topological polar surface area (TPSA) is 57.6 Å². The van der Waals surface area contributed by atoms with Crippen LogP contribution in [0, 0.1) is 0 Å². The van der Waals surface area contributed by atoms with E-state index in [1.807, 2.05) is 51.1 Å². The molecule has 0 heterocycles. The number of benzene rings is 1. The van der Waals surface area contributed by atoms with Crippen molar-refractivity contribution in [3.05, 3.63) is 42.0 Å². The molecule has 0 aliphatic heterocycles. The minimum atomic E-state index is -1.02. The molecule has 0 bridgehead atoms. The number of carbonyl (C=O) groups is 2. The van der Waals surface area contributed by atoms with Gasteiger partial charge in [0.05, 0.1) is 0 Å². The predicted octanol–water partition coefficient (Wildman–Crippen LogP) is 2.41. The summed E-state index contributed by atoms with van der Waals surface area (Å²) in [6.07, 6.45) is 3.09. The molecule has 1 aromatic carbocycles. The minimum absolute atomic E-state index is 0.304. The van der Waals surface area contributed by atoms with E-state index in [1.54, 1.807) is 6.08 Å². The van der Waals surface area contributed by atoms with Crippen LogP contribution in [-0.4, -0.2) is 34.0 Å². The van der Waals surface area contributed by atoms with E-state index in [-0.39, 0.29) is 12.5 Å². The highest BCUT2D eigenvalue weighted by Crippen LogP contribution is 2.14. The number of aliphatic carboxylic acids is 1. The molecule has 0 unspecified atom stereocenters. The van der Waals surface area contributed by atoms with E-state index in [2.05, 4.69) is 0 Å². The van der Waals surface area contributed by atoms with Crippen LogP contribution in [0.25, 0.3) is 6.08 Å². The molecule has 1 aromatic rings. The van der Waals surface area contributed by atoms with E-state index >= 15 is 0 Å². The number of hydrogen-bond acceptors (Lipinski definition) is 2. The number of carbonyl (C=O) groups excluding carboxylic acids is 1. The third kappa shape index (κ3) is 4.95.